The third kappa shape index (κ3) is 3.83. The highest BCUT2D eigenvalue weighted by Crippen LogP contribution is 2.12. The number of carbonyl (C=O) groups is 1. The van der Waals surface area contributed by atoms with Crippen LogP contribution >= 0.6 is 11.6 Å². The molecule has 2 rings (SSSR count). The van der Waals surface area contributed by atoms with Crippen LogP contribution in [0.1, 0.15) is 12.0 Å². The van der Waals surface area contributed by atoms with Gasteiger partial charge in [-0.1, -0.05) is 23.7 Å². The van der Waals surface area contributed by atoms with Crippen molar-refractivity contribution in [3.8, 4) is 6.07 Å². The Morgan fingerprint density at radius 2 is 2.16 bits per heavy atom. The monoisotopic (exact) mass is 274 g/mol. The molecule has 96 valence electrons. The molecule has 0 bridgehead atoms. The lowest BCUT2D eigenvalue weighted by Gasteiger charge is -2.05. The van der Waals surface area contributed by atoms with Crippen molar-refractivity contribution < 1.29 is 4.79 Å². The maximum absolute atomic E-state index is 11.2. The lowest BCUT2D eigenvalue weighted by molar-refractivity contribution is -0.115. The molecule has 1 heterocycles. The van der Waals surface area contributed by atoms with Gasteiger partial charge in [0, 0.05) is 11.9 Å². The Labute approximate surface area is 115 Å². The highest BCUT2D eigenvalue weighted by Gasteiger charge is 2.02. The summed E-state index contributed by atoms with van der Waals surface area (Å²) in [4.78, 5) is 11.2. The van der Waals surface area contributed by atoms with Gasteiger partial charge in [-0.25, -0.2) is 0 Å². The fourth-order valence-electron chi connectivity index (χ4n) is 1.58. The zero-order valence-corrected chi connectivity index (χ0v) is 10.8. The highest BCUT2D eigenvalue weighted by molar-refractivity contribution is 6.30. The van der Waals surface area contributed by atoms with Gasteiger partial charge in [0.25, 0.3) is 0 Å². The molecular weight excluding hydrogens is 264 g/mol. The van der Waals surface area contributed by atoms with E-state index in [1.165, 1.54) is 0 Å². The van der Waals surface area contributed by atoms with Crippen LogP contribution in [0.25, 0.3) is 0 Å². The van der Waals surface area contributed by atoms with Crippen LogP contribution < -0.4 is 5.32 Å². The molecule has 1 N–H and O–H groups in total. The molecule has 0 aliphatic carbocycles. The van der Waals surface area contributed by atoms with E-state index in [9.17, 15) is 4.79 Å². The fraction of sp³-hybridized carbons (Fsp3) is 0.154. The summed E-state index contributed by atoms with van der Waals surface area (Å²) in [6, 6.07) is 9.15. The molecule has 0 radical (unpaired) electrons. The van der Waals surface area contributed by atoms with Crippen molar-refractivity contribution >= 4 is 23.2 Å². The van der Waals surface area contributed by atoms with Gasteiger partial charge in [0.15, 0.2) is 0 Å². The quantitative estimate of drug-likeness (QED) is 0.931. The lowest BCUT2D eigenvalue weighted by atomic mass is 10.2. The Kier molecular flexibility index (Phi) is 4.16. The molecule has 5 nitrogen and oxygen atoms in total. The molecule has 0 aliphatic rings. The average Bonchev–Trinajstić information content (AvgIpc) is 2.78. The van der Waals surface area contributed by atoms with Crippen LogP contribution in [0.15, 0.2) is 36.7 Å². The second-order valence-corrected chi connectivity index (χ2v) is 4.37. The van der Waals surface area contributed by atoms with Gasteiger partial charge < -0.3 is 5.32 Å². The van der Waals surface area contributed by atoms with E-state index in [4.69, 9.17) is 16.9 Å². The number of rotatable bonds is 4. The fourth-order valence-corrected chi connectivity index (χ4v) is 1.74. The summed E-state index contributed by atoms with van der Waals surface area (Å²) in [5, 5.41) is 15.7. The van der Waals surface area contributed by atoms with Crippen LogP contribution in [0.2, 0.25) is 5.02 Å². The number of nitrogens with zero attached hydrogens (tertiary/aromatic N) is 3. The Hall–Kier alpha value is -2.32. The first-order chi connectivity index (χ1) is 9.17. The molecule has 0 fully saturated rings. The summed E-state index contributed by atoms with van der Waals surface area (Å²) in [7, 11) is 0. The number of anilines is 1. The molecule has 0 saturated heterocycles. The van der Waals surface area contributed by atoms with Crippen LogP contribution in [0.4, 0.5) is 5.69 Å². The summed E-state index contributed by atoms with van der Waals surface area (Å²) < 4.78 is 1.73. The molecule has 0 atom stereocenters. The lowest BCUT2D eigenvalue weighted by Crippen LogP contribution is -2.10. The number of benzene rings is 1. The molecule has 1 aromatic carbocycles. The van der Waals surface area contributed by atoms with E-state index in [-0.39, 0.29) is 12.3 Å². The Bertz CT molecular complexity index is 612. The highest BCUT2D eigenvalue weighted by atomic mass is 35.5. The number of hydrogen-bond acceptors (Lipinski definition) is 3. The van der Waals surface area contributed by atoms with Gasteiger partial charge in [-0.05, 0) is 17.7 Å². The predicted octanol–water partition coefficient (Wildman–Crippen LogP) is 2.44. The van der Waals surface area contributed by atoms with E-state index in [1.807, 2.05) is 12.1 Å². The first kappa shape index (κ1) is 13.1. The largest absolute Gasteiger partial charge is 0.325 e. The SMILES string of the molecule is N#CCC(=O)Nc1ccc(Cn2cc(Cl)cn2)cc1. The van der Waals surface area contributed by atoms with Crippen LogP contribution in [-0.2, 0) is 11.3 Å². The Balaban J connectivity index is 1.98. The van der Waals surface area contributed by atoms with E-state index in [1.54, 1.807) is 35.3 Å². The topological polar surface area (TPSA) is 70.7 Å². The third-order valence-electron chi connectivity index (χ3n) is 2.42. The van der Waals surface area contributed by atoms with E-state index >= 15 is 0 Å². The minimum atomic E-state index is -0.311. The third-order valence-corrected chi connectivity index (χ3v) is 2.62. The minimum Gasteiger partial charge on any atom is -0.325 e. The van der Waals surface area contributed by atoms with Crippen LogP contribution in [0.5, 0.6) is 0 Å². The number of nitrogens with one attached hydrogen (secondary N) is 1. The number of hydrogen-bond donors (Lipinski definition) is 1. The maximum atomic E-state index is 11.2. The van der Waals surface area contributed by atoms with Crippen LogP contribution in [0.3, 0.4) is 0 Å². The summed E-state index contributed by atoms with van der Waals surface area (Å²) in [6.07, 6.45) is 3.18. The van der Waals surface area contributed by atoms with Crippen molar-refractivity contribution in [3.63, 3.8) is 0 Å². The molecule has 0 spiro atoms. The molecule has 0 aliphatic heterocycles. The van der Waals surface area contributed by atoms with Gasteiger partial charge in [0.2, 0.25) is 5.91 Å². The van der Waals surface area contributed by atoms with Gasteiger partial charge in [-0.2, -0.15) is 10.4 Å². The molecular formula is C13H11ClN4O. The number of aromatic nitrogens is 2. The van der Waals surface area contributed by atoms with Crippen molar-refractivity contribution in [2.24, 2.45) is 0 Å². The van der Waals surface area contributed by atoms with Gasteiger partial charge in [0.05, 0.1) is 23.8 Å². The van der Waals surface area contributed by atoms with E-state index in [2.05, 4.69) is 10.4 Å². The van der Waals surface area contributed by atoms with Crippen molar-refractivity contribution in [1.29, 1.82) is 5.26 Å². The molecule has 19 heavy (non-hydrogen) atoms. The Morgan fingerprint density at radius 1 is 1.42 bits per heavy atom. The number of nitriles is 1. The zero-order valence-electron chi connectivity index (χ0n) is 10.0. The summed E-state index contributed by atoms with van der Waals surface area (Å²) in [5.74, 6) is -0.311. The molecule has 1 aromatic heterocycles. The number of amides is 1. The first-order valence-corrected chi connectivity index (χ1v) is 5.99. The molecule has 2 aromatic rings. The van der Waals surface area contributed by atoms with Crippen molar-refractivity contribution in [2.45, 2.75) is 13.0 Å². The van der Waals surface area contributed by atoms with Crippen molar-refractivity contribution in [2.75, 3.05) is 5.32 Å². The number of carbonyl (C=O) groups excluding carboxylic acids is 1. The maximum Gasteiger partial charge on any atom is 0.238 e. The standard InChI is InChI=1S/C13H11ClN4O/c14-11-7-16-18(9-11)8-10-1-3-12(4-2-10)17-13(19)5-6-15/h1-4,7,9H,5,8H2,(H,17,19). The van der Waals surface area contributed by atoms with Crippen LogP contribution in [0, 0.1) is 11.3 Å². The summed E-state index contributed by atoms with van der Waals surface area (Å²) in [5.41, 5.74) is 1.71. The Morgan fingerprint density at radius 3 is 2.74 bits per heavy atom. The molecule has 0 saturated carbocycles. The molecule has 1 amide bonds. The minimum absolute atomic E-state index is 0.145. The van der Waals surface area contributed by atoms with E-state index < -0.39 is 0 Å². The van der Waals surface area contributed by atoms with Gasteiger partial charge in [-0.15, -0.1) is 0 Å². The predicted molar refractivity (Wildman–Crippen MR) is 71.6 cm³/mol. The summed E-state index contributed by atoms with van der Waals surface area (Å²) >= 11 is 5.78. The average molecular weight is 275 g/mol. The molecule has 6 heteroatoms. The normalized spacial score (nSPS) is 9.89. The van der Waals surface area contributed by atoms with Crippen molar-refractivity contribution in [3.05, 3.63) is 47.2 Å². The van der Waals surface area contributed by atoms with Crippen LogP contribution in [-0.4, -0.2) is 15.7 Å². The van der Waals surface area contributed by atoms with Gasteiger partial charge >= 0.3 is 0 Å². The van der Waals surface area contributed by atoms with Crippen molar-refractivity contribution in [1.82, 2.24) is 9.78 Å². The number of halogens is 1. The molecule has 0 unspecified atom stereocenters. The van der Waals surface area contributed by atoms with Gasteiger partial charge in [0.1, 0.15) is 6.42 Å². The summed E-state index contributed by atoms with van der Waals surface area (Å²) in [6.45, 7) is 0.610. The van der Waals surface area contributed by atoms with E-state index in [0.29, 0.717) is 17.3 Å². The van der Waals surface area contributed by atoms with Gasteiger partial charge in [-0.3, -0.25) is 9.48 Å². The first-order valence-electron chi connectivity index (χ1n) is 5.61. The zero-order chi connectivity index (χ0) is 13.7. The second kappa shape index (κ2) is 6.03. The smallest absolute Gasteiger partial charge is 0.238 e. The second-order valence-electron chi connectivity index (χ2n) is 3.94. The van der Waals surface area contributed by atoms with E-state index in [0.717, 1.165) is 5.56 Å².